The molecule has 7 heteroatoms. The summed E-state index contributed by atoms with van der Waals surface area (Å²) in [6, 6.07) is 17.8. The lowest BCUT2D eigenvalue weighted by atomic mass is 10.1. The van der Waals surface area contributed by atoms with E-state index < -0.39 is 0 Å². The summed E-state index contributed by atoms with van der Waals surface area (Å²) in [4.78, 5) is 19.3. The maximum Gasteiger partial charge on any atom is 0.234 e. The highest BCUT2D eigenvalue weighted by Crippen LogP contribution is 2.26. The summed E-state index contributed by atoms with van der Waals surface area (Å²) in [5.74, 6) is 0.0543. The van der Waals surface area contributed by atoms with Gasteiger partial charge in [0.25, 0.3) is 0 Å². The first-order chi connectivity index (χ1) is 14.6. The SMILES string of the molecule is Cc1ccc2cc(C#N)c(SCC(=O)Nc3ccc(N4CCOCC4)cc3)nc2c1. The summed E-state index contributed by atoms with van der Waals surface area (Å²) >= 11 is 1.28. The summed E-state index contributed by atoms with van der Waals surface area (Å²) in [6.45, 7) is 5.24. The van der Waals surface area contributed by atoms with Gasteiger partial charge in [-0.25, -0.2) is 4.98 Å². The van der Waals surface area contributed by atoms with Crippen molar-refractivity contribution < 1.29 is 9.53 Å². The summed E-state index contributed by atoms with van der Waals surface area (Å²) in [5, 5.41) is 13.9. The predicted molar refractivity (Wildman–Crippen MR) is 120 cm³/mol. The monoisotopic (exact) mass is 418 g/mol. The number of benzene rings is 2. The standard InChI is InChI=1S/C23H22N4O2S/c1-16-2-3-17-13-18(14-24)23(26-21(17)12-16)30-15-22(28)25-19-4-6-20(7-5-19)27-8-10-29-11-9-27/h2-7,12-13H,8-11,15H2,1H3,(H,25,28). The Balaban J connectivity index is 1.39. The number of fused-ring (bicyclic) bond motifs is 1. The lowest BCUT2D eigenvalue weighted by molar-refractivity contribution is -0.113. The van der Waals surface area contributed by atoms with Crippen LogP contribution in [-0.4, -0.2) is 42.9 Å². The third-order valence-electron chi connectivity index (χ3n) is 4.93. The van der Waals surface area contributed by atoms with Crippen LogP contribution >= 0.6 is 11.8 Å². The molecular formula is C23H22N4O2S. The van der Waals surface area contributed by atoms with Gasteiger partial charge in [0.1, 0.15) is 11.1 Å². The van der Waals surface area contributed by atoms with Crippen LogP contribution in [-0.2, 0) is 9.53 Å². The van der Waals surface area contributed by atoms with Crippen LogP contribution in [0.4, 0.5) is 11.4 Å². The smallest absolute Gasteiger partial charge is 0.234 e. The molecule has 1 fully saturated rings. The number of hydrogen-bond donors (Lipinski definition) is 1. The molecule has 1 aromatic heterocycles. The summed E-state index contributed by atoms with van der Waals surface area (Å²) in [6.07, 6.45) is 0. The zero-order valence-electron chi connectivity index (χ0n) is 16.7. The van der Waals surface area contributed by atoms with Crippen molar-refractivity contribution in [2.75, 3.05) is 42.3 Å². The van der Waals surface area contributed by atoms with Gasteiger partial charge >= 0.3 is 0 Å². The lowest BCUT2D eigenvalue weighted by Crippen LogP contribution is -2.36. The normalized spacial score (nSPS) is 13.8. The average molecular weight is 419 g/mol. The molecule has 0 saturated carbocycles. The number of nitrogens with one attached hydrogen (secondary N) is 1. The number of hydrogen-bond acceptors (Lipinski definition) is 6. The van der Waals surface area contributed by atoms with Gasteiger partial charge in [-0.2, -0.15) is 5.26 Å². The Hall–Kier alpha value is -3.08. The molecule has 1 saturated heterocycles. The van der Waals surface area contributed by atoms with Crippen molar-refractivity contribution in [1.29, 1.82) is 5.26 Å². The third kappa shape index (κ3) is 4.73. The van der Waals surface area contributed by atoms with E-state index in [1.54, 1.807) is 0 Å². The second kappa shape index (κ2) is 9.16. The van der Waals surface area contributed by atoms with Crippen molar-refractivity contribution in [3.63, 3.8) is 0 Å². The van der Waals surface area contributed by atoms with E-state index in [4.69, 9.17) is 4.74 Å². The molecule has 1 N–H and O–H groups in total. The summed E-state index contributed by atoms with van der Waals surface area (Å²) in [7, 11) is 0. The number of carbonyl (C=O) groups excluding carboxylic acids is 1. The van der Waals surface area contributed by atoms with E-state index in [1.807, 2.05) is 55.5 Å². The Labute approximate surface area is 179 Å². The van der Waals surface area contributed by atoms with Gasteiger partial charge in [-0.15, -0.1) is 0 Å². The number of aryl methyl sites for hydroxylation is 1. The molecular weight excluding hydrogens is 396 g/mol. The minimum Gasteiger partial charge on any atom is -0.378 e. The number of aromatic nitrogens is 1. The quantitative estimate of drug-likeness (QED) is 0.632. The van der Waals surface area contributed by atoms with Gasteiger partial charge in [0.2, 0.25) is 5.91 Å². The Morgan fingerprint density at radius 2 is 1.97 bits per heavy atom. The van der Waals surface area contributed by atoms with Crippen LogP contribution < -0.4 is 10.2 Å². The molecule has 0 radical (unpaired) electrons. The minimum atomic E-state index is -0.130. The first-order valence-electron chi connectivity index (χ1n) is 9.79. The first kappa shape index (κ1) is 20.2. The van der Waals surface area contributed by atoms with Crippen molar-refractivity contribution in [1.82, 2.24) is 4.98 Å². The number of nitriles is 1. The first-order valence-corrected chi connectivity index (χ1v) is 10.8. The molecule has 0 aliphatic carbocycles. The molecule has 152 valence electrons. The van der Waals surface area contributed by atoms with Gasteiger partial charge < -0.3 is 15.0 Å². The maximum atomic E-state index is 12.4. The minimum absolute atomic E-state index is 0.130. The topological polar surface area (TPSA) is 78.2 Å². The second-order valence-corrected chi connectivity index (χ2v) is 8.10. The fourth-order valence-electron chi connectivity index (χ4n) is 3.36. The van der Waals surface area contributed by atoms with E-state index >= 15 is 0 Å². The van der Waals surface area contributed by atoms with Crippen LogP contribution in [0.2, 0.25) is 0 Å². The van der Waals surface area contributed by atoms with Crippen molar-refractivity contribution in [3.05, 3.63) is 59.7 Å². The molecule has 0 atom stereocenters. The van der Waals surface area contributed by atoms with Crippen LogP contribution in [0.3, 0.4) is 0 Å². The molecule has 4 rings (SSSR count). The van der Waals surface area contributed by atoms with Crippen LogP contribution in [0.5, 0.6) is 0 Å². The molecule has 1 aliphatic rings. The summed E-state index contributed by atoms with van der Waals surface area (Å²) < 4.78 is 5.38. The molecule has 1 amide bonds. The average Bonchev–Trinajstić information content (AvgIpc) is 2.78. The van der Waals surface area contributed by atoms with E-state index in [-0.39, 0.29) is 11.7 Å². The number of morpholine rings is 1. The van der Waals surface area contributed by atoms with Crippen molar-refractivity contribution >= 4 is 39.9 Å². The molecule has 30 heavy (non-hydrogen) atoms. The van der Waals surface area contributed by atoms with Gasteiger partial charge in [0.05, 0.1) is 30.0 Å². The number of pyridine rings is 1. The molecule has 6 nitrogen and oxygen atoms in total. The van der Waals surface area contributed by atoms with Gasteiger partial charge in [0.15, 0.2) is 0 Å². The molecule has 1 aliphatic heterocycles. The number of ether oxygens (including phenoxy) is 1. The van der Waals surface area contributed by atoms with E-state index in [0.29, 0.717) is 10.6 Å². The molecule has 0 unspecified atom stereocenters. The highest BCUT2D eigenvalue weighted by Gasteiger charge is 2.13. The van der Waals surface area contributed by atoms with Crippen LogP contribution in [0.25, 0.3) is 10.9 Å². The van der Waals surface area contributed by atoms with E-state index in [9.17, 15) is 10.1 Å². The largest absolute Gasteiger partial charge is 0.378 e. The maximum absolute atomic E-state index is 12.4. The second-order valence-electron chi connectivity index (χ2n) is 7.13. The number of nitrogens with zero attached hydrogens (tertiary/aromatic N) is 3. The van der Waals surface area contributed by atoms with Gasteiger partial charge in [-0.1, -0.05) is 23.9 Å². The van der Waals surface area contributed by atoms with Crippen LogP contribution in [0.15, 0.2) is 53.6 Å². The Bertz CT molecular complexity index is 1100. The van der Waals surface area contributed by atoms with E-state index in [0.717, 1.165) is 54.1 Å². The number of thioether (sulfide) groups is 1. The fourth-order valence-corrected chi connectivity index (χ4v) is 4.12. The Morgan fingerprint density at radius 1 is 1.20 bits per heavy atom. The van der Waals surface area contributed by atoms with Crippen molar-refractivity contribution in [3.8, 4) is 6.07 Å². The Morgan fingerprint density at radius 3 is 2.70 bits per heavy atom. The number of amides is 1. The van der Waals surface area contributed by atoms with E-state index in [1.165, 1.54) is 11.8 Å². The number of anilines is 2. The number of rotatable bonds is 5. The molecule has 3 aromatic rings. The van der Waals surface area contributed by atoms with E-state index in [2.05, 4.69) is 21.3 Å². The van der Waals surface area contributed by atoms with Crippen molar-refractivity contribution in [2.24, 2.45) is 0 Å². The van der Waals surface area contributed by atoms with Crippen molar-refractivity contribution in [2.45, 2.75) is 11.9 Å². The van der Waals surface area contributed by atoms with Gasteiger partial charge in [0, 0.05) is 29.9 Å². The predicted octanol–water partition coefficient (Wildman–Crippen LogP) is 3.98. The fraction of sp³-hybridized carbons (Fsp3) is 0.261. The Kier molecular flexibility index (Phi) is 6.17. The molecule has 2 aromatic carbocycles. The molecule has 0 bridgehead atoms. The zero-order valence-corrected chi connectivity index (χ0v) is 17.5. The highest BCUT2D eigenvalue weighted by molar-refractivity contribution is 8.00. The number of carbonyl (C=O) groups is 1. The highest BCUT2D eigenvalue weighted by atomic mass is 32.2. The third-order valence-corrected chi connectivity index (χ3v) is 5.92. The zero-order chi connectivity index (χ0) is 20.9. The van der Waals surface area contributed by atoms with Gasteiger partial charge in [-0.3, -0.25) is 4.79 Å². The van der Waals surface area contributed by atoms with Crippen LogP contribution in [0, 0.1) is 18.3 Å². The molecule has 2 heterocycles. The molecule has 0 spiro atoms. The summed E-state index contributed by atoms with van der Waals surface area (Å²) in [5.41, 5.74) is 4.30. The van der Waals surface area contributed by atoms with Crippen LogP contribution in [0.1, 0.15) is 11.1 Å². The lowest BCUT2D eigenvalue weighted by Gasteiger charge is -2.28. The van der Waals surface area contributed by atoms with Gasteiger partial charge in [-0.05, 0) is 48.9 Å².